The number of nitrogens with zero attached hydrogens (tertiary/aromatic N) is 3. The molecule has 1 aromatic rings. The Bertz CT molecular complexity index is 1020. The summed E-state index contributed by atoms with van der Waals surface area (Å²) in [5.74, 6) is -2.80. The highest BCUT2D eigenvalue weighted by atomic mass is 32.2. The molecule has 0 bridgehead atoms. The zero-order valence-corrected chi connectivity index (χ0v) is 17.7. The molecular weight excluding hydrogens is 442 g/mol. The number of hydrogen-bond donors (Lipinski definition) is 3. The highest BCUT2D eigenvalue weighted by Crippen LogP contribution is 2.29. The SMILES string of the molecule is CCOC(=O)C=C(C)C1C(NC(=O)C(=NOC)c2csc(N)n2)C(=O)N1S(=O)(=O)O. The third-order valence-corrected chi connectivity index (χ3v) is 5.43. The number of amides is 2. The smallest absolute Gasteiger partial charge is 0.362 e. The van der Waals surface area contributed by atoms with E-state index in [4.69, 9.17) is 10.5 Å². The fourth-order valence-electron chi connectivity index (χ4n) is 2.67. The number of nitrogens with two attached hydrogens (primary N) is 1. The molecule has 1 aliphatic rings. The number of ether oxygens (including phenoxy) is 1. The van der Waals surface area contributed by atoms with Gasteiger partial charge in [-0.05, 0) is 19.4 Å². The van der Waals surface area contributed by atoms with Crippen molar-refractivity contribution in [1.29, 1.82) is 0 Å². The first-order valence-corrected chi connectivity index (χ1v) is 10.6. The molecule has 15 heteroatoms. The molecule has 0 aromatic carbocycles. The van der Waals surface area contributed by atoms with Crippen molar-refractivity contribution in [2.75, 3.05) is 19.5 Å². The average molecular weight is 461 g/mol. The van der Waals surface area contributed by atoms with Gasteiger partial charge in [0.2, 0.25) is 0 Å². The van der Waals surface area contributed by atoms with E-state index in [9.17, 15) is 27.4 Å². The Morgan fingerprint density at radius 2 is 2.17 bits per heavy atom. The summed E-state index contributed by atoms with van der Waals surface area (Å²) in [7, 11) is -3.76. The molecule has 1 aliphatic heterocycles. The van der Waals surface area contributed by atoms with Crippen LogP contribution in [0.4, 0.5) is 5.13 Å². The number of anilines is 1. The fourth-order valence-corrected chi connectivity index (χ4v) is 4.13. The van der Waals surface area contributed by atoms with Crippen molar-refractivity contribution in [2.24, 2.45) is 5.16 Å². The molecule has 2 heterocycles. The predicted molar refractivity (Wildman–Crippen MR) is 105 cm³/mol. The summed E-state index contributed by atoms with van der Waals surface area (Å²) < 4.78 is 37.4. The van der Waals surface area contributed by atoms with E-state index in [1.54, 1.807) is 6.92 Å². The minimum absolute atomic E-state index is 0.0547. The van der Waals surface area contributed by atoms with Crippen LogP contribution in [0.5, 0.6) is 0 Å². The lowest BCUT2D eigenvalue weighted by molar-refractivity contribution is -0.143. The van der Waals surface area contributed by atoms with E-state index >= 15 is 0 Å². The molecule has 1 fully saturated rings. The number of nitrogen functional groups attached to an aromatic ring is 1. The second kappa shape index (κ2) is 9.19. The van der Waals surface area contributed by atoms with Crippen molar-refractivity contribution in [3.8, 4) is 0 Å². The second-order valence-corrected chi connectivity index (χ2v) is 8.02. The van der Waals surface area contributed by atoms with Crippen molar-refractivity contribution in [1.82, 2.24) is 14.6 Å². The zero-order valence-electron chi connectivity index (χ0n) is 16.1. The highest BCUT2D eigenvalue weighted by Gasteiger charge is 2.55. The van der Waals surface area contributed by atoms with Crippen LogP contribution in [-0.2, 0) is 34.3 Å². The van der Waals surface area contributed by atoms with E-state index in [-0.39, 0.29) is 33.0 Å². The van der Waals surface area contributed by atoms with Crippen molar-refractivity contribution < 1.29 is 36.9 Å². The van der Waals surface area contributed by atoms with Gasteiger partial charge in [-0.1, -0.05) is 5.16 Å². The molecule has 1 aromatic heterocycles. The van der Waals surface area contributed by atoms with E-state index in [1.807, 2.05) is 0 Å². The van der Waals surface area contributed by atoms with Crippen molar-refractivity contribution in [3.05, 3.63) is 22.7 Å². The average Bonchev–Trinajstić information content (AvgIpc) is 3.06. The summed E-state index contributed by atoms with van der Waals surface area (Å²) in [6.45, 7) is 2.99. The molecule has 0 saturated carbocycles. The number of thiazole rings is 1. The molecular formula is C15H19N5O8S2. The topological polar surface area (TPSA) is 191 Å². The summed E-state index contributed by atoms with van der Waals surface area (Å²) in [6, 6.07) is -2.77. The van der Waals surface area contributed by atoms with Crippen LogP contribution in [0.1, 0.15) is 19.5 Å². The molecule has 0 aliphatic carbocycles. The lowest BCUT2D eigenvalue weighted by Gasteiger charge is -2.44. The first-order chi connectivity index (χ1) is 14.0. The summed E-state index contributed by atoms with van der Waals surface area (Å²) in [5, 5.41) is 7.47. The largest absolute Gasteiger partial charge is 0.463 e. The zero-order chi connectivity index (χ0) is 22.6. The van der Waals surface area contributed by atoms with Gasteiger partial charge in [-0.3, -0.25) is 14.1 Å². The number of β-lactam (4-membered cyclic amide) rings is 1. The number of aromatic nitrogens is 1. The molecule has 2 amide bonds. The number of oxime groups is 1. The van der Waals surface area contributed by atoms with E-state index in [2.05, 4.69) is 20.3 Å². The molecule has 2 atom stereocenters. The molecule has 0 radical (unpaired) electrons. The van der Waals surface area contributed by atoms with Gasteiger partial charge in [-0.25, -0.2) is 14.1 Å². The monoisotopic (exact) mass is 461 g/mol. The van der Waals surface area contributed by atoms with Crippen LogP contribution >= 0.6 is 11.3 Å². The summed E-state index contributed by atoms with van der Waals surface area (Å²) >= 11 is 1.04. The molecule has 13 nitrogen and oxygen atoms in total. The van der Waals surface area contributed by atoms with Gasteiger partial charge in [-0.2, -0.15) is 8.42 Å². The van der Waals surface area contributed by atoms with Gasteiger partial charge in [0.05, 0.1) is 6.61 Å². The van der Waals surface area contributed by atoms with Crippen LogP contribution in [0, 0.1) is 0 Å². The third-order valence-electron chi connectivity index (χ3n) is 3.85. The minimum Gasteiger partial charge on any atom is -0.463 e. The maximum Gasteiger partial charge on any atom is 0.362 e. The lowest BCUT2D eigenvalue weighted by Crippen LogP contribution is -2.72. The van der Waals surface area contributed by atoms with Gasteiger partial charge in [0, 0.05) is 11.5 Å². The first-order valence-electron chi connectivity index (χ1n) is 8.30. The molecule has 4 N–H and O–H groups in total. The number of carbonyl (C=O) groups excluding carboxylic acids is 3. The van der Waals surface area contributed by atoms with Crippen LogP contribution in [0.2, 0.25) is 0 Å². The van der Waals surface area contributed by atoms with E-state index in [0.717, 1.165) is 17.4 Å². The van der Waals surface area contributed by atoms with Crippen molar-refractivity contribution >= 4 is 50.3 Å². The number of rotatable bonds is 8. The quantitative estimate of drug-likeness (QED) is 0.109. The van der Waals surface area contributed by atoms with E-state index in [1.165, 1.54) is 19.4 Å². The summed E-state index contributed by atoms with van der Waals surface area (Å²) in [5.41, 5.74) is 5.36. The number of carbonyl (C=O) groups is 3. The Morgan fingerprint density at radius 1 is 1.50 bits per heavy atom. The second-order valence-electron chi connectivity index (χ2n) is 5.84. The Hall–Kier alpha value is -3.04. The predicted octanol–water partition coefficient (Wildman–Crippen LogP) is -0.916. The van der Waals surface area contributed by atoms with Crippen molar-refractivity contribution in [3.63, 3.8) is 0 Å². The normalized spacial score (nSPS) is 19.9. The standard InChI is InChI=1S/C15H19N5O8S2/c1-4-28-9(21)5-7(2)12-11(14(23)20(12)30(24,25)26)18-13(22)10(19-27-3)8-6-29-15(16)17-8/h5-6,11-12H,4H2,1-3H3,(H2,16,17)(H,18,22)(H,24,25,26). The molecule has 30 heavy (non-hydrogen) atoms. The fraction of sp³-hybridized carbons (Fsp3) is 0.400. The van der Waals surface area contributed by atoms with Crippen LogP contribution in [0.3, 0.4) is 0 Å². The molecule has 1 saturated heterocycles. The minimum atomic E-state index is -4.95. The Labute approximate surface area is 175 Å². The number of esters is 1. The van der Waals surface area contributed by atoms with Crippen LogP contribution < -0.4 is 11.1 Å². The summed E-state index contributed by atoms with van der Waals surface area (Å²) in [6.07, 6.45) is 0.962. The van der Waals surface area contributed by atoms with Gasteiger partial charge in [0.15, 0.2) is 10.8 Å². The molecule has 2 unspecified atom stereocenters. The Morgan fingerprint density at radius 3 is 2.67 bits per heavy atom. The van der Waals surface area contributed by atoms with Gasteiger partial charge < -0.3 is 20.6 Å². The number of nitrogens with one attached hydrogen (secondary N) is 1. The van der Waals surface area contributed by atoms with Gasteiger partial charge in [-0.15, -0.1) is 11.3 Å². The maximum absolute atomic E-state index is 12.6. The number of hydrogen-bond acceptors (Lipinski definition) is 11. The molecule has 0 spiro atoms. The highest BCUT2D eigenvalue weighted by molar-refractivity contribution is 7.84. The van der Waals surface area contributed by atoms with E-state index in [0.29, 0.717) is 0 Å². The Kier molecular flexibility index (Phi) is 7.12. The van der Waals surface area contributed by atoms with Gasteiger partial charge in [0.1, 0.15) is 24.9 Å². The van der Waals surface area contributed by atoms with Crippen LogP contribution in [0.25, 0.3) is 0 Å². The van der Waals surface area contributed by atoms with Crippen molar-refractivity contribution in [2.45, 2.75) is 25.9 Å². The third kappa shape index (κ3) is 4.92. The van der Waals surface area contributed by atoms with Gasteiger partial charge >= 0.3 is 16.3 Å². The van der Waals surface area contributed by atoms with Gasteiger partial charge in [0.25, 0.3) is 11.8 Å². The maximum atomic E-state index is 12.6. The van der Waals surface area contributed by atoms with Crippen LogP contribution in [-0.4, -0.2) is 71.6 Å². The molecule has 2 rings (SSSR count). The summed E-state index contributed by atoms with van der Waals surface area (Å²) in [4.78, 5) is 45.2. The van der Waals surface area contributed by atoms with E-state index < -0.39 is 40.2 Å². The molecule has 164 valence electrons. The Balaban J connectivity index is 2.33. The lowest BCUT2D eigenvalue weighted by atomic mass is 9.91. The first kappa shape index (κ1) is 23.2. The van der Waals surface area contributed by atoms with Crippen LogP contribution in [0.15, 0.2) is 22.2 Å².